The van der Waals surface area contributed by atoms with Crippen molar-refractivity contribution in [2.24, 2.45) is 7.05 Å². The number of para-hydroxylation sites is 1. The van der Waals surface area contributed by atoms with E-state index in [9.17, 15) is 14.4 Å². The number of carboxylic acid groups (broad SMARTS) is 1. The molecule has 0 bridgehead atoms. The smallest absolute Gasteiger partial charge is 0.331 e. The fourth-order valence-electron chi connectivity index (χ4n) is 2.05. The molecule has 0 amide bonds. The van der Waals surface area contributed by atoms with Crippen molar-refractivity contribution in [2.75, 3.05) is 0 Å². The Morgan fingerprint density at radius 3 is 2.63 bits per heavy atom. The van der Waals surface area contributed by atoms with Gasteiger partial charge in [0, 0.05) is 20.0 Å². The molecule has 6 heteroatoms. The number of fused-ring (bicyclic) bond motifs is 1. The fourth-order valence-corrected chi connectivity index (χ4v) is 2.05. The van der Waals surface area contributed by atoms with Gasteiger partial charge in [-0.2, -0.15) is 0 Å². The topological polar surface area (TPSA) is 81.3 Å². The second-order valence-electron chi connectivity index (χ2n) is 4.31. The van der Waals surface area contributed by atoms with Crippen LogP contribution in [0.5, 0.6) is 0 Å². The quantitative estimate of drug-likeness (QED) is 0.873. The Morgan fingerprint density at radius 1 is 1.26 bits per heavy atom. The first kappa shape index (κ1) is 13.1. The summed E-state index contributed by atoms with van der Waals surface area (Å²) in [5.41, 5.74) is -0.217. The van der Waals surface area contributed by atoms with Crippen LogP contribution < -0.4 is 11.2 Å². The summed E-state index contributed by atoms with van der Waals surface area (Å²) in [5, 5.41) is 9.04. The van der Waals surface area contributed by atoms with Crippen molar-refractivity contribution in [2.45, 2.75) is 19.4 Å². The van der Waals surface area contributed by atoms with Gasteiger partial charge in [0.2, 0.25) is 0 Å². The number of nitrogens with zero attached hydrogens (tertiary/aromatic N) is 2. The van der Waals surface area contributed by atoms with Crippen LogP contribution in [-0.4, -0.2) is 20.2 Å². The highest BCUT2D eigenvalue weighted by Gasteiger charge is 2.10. The molecule has 2 aromatic rings. The summed E-state index contributed by atoms with van der Waals surface area (Å²) in [6.07, 6.45) is 0.186. The SMILES string of the molecule is Cn1c(=O)n(CCCC(=O)O)c(=O)c2ccccc21. The first-order valence-corrected chi connectivity index (χ1v) is 5.92. The number of carboxylic acids is 1. The summed E-state index contributed by atoms with van der Waals surface area (Å²) in [6, 6.07) is 6.86. The molecule has 0 fully saturated rings. The first-order valence-electron chi connectivity index (χ1n) is 5.92. The second kappa shape index (κ2) is 5.09. The molecule has 0 saturated carbocycles. The van der Waals surface area contributed by atoms with Gasteiger partial charge in [-0.15, -0.1) is 0 Å². The zero-order chi connectivity index (χ0) is 14.0. The molecule has 0 aliphatic heterocycles. The van der Waals surface area contributed by atoms with Crippen LogP contribution >= 0.6 is 0 Å². The summed E-state index contributed by atoms with van der Waals surface area (Å²) in [7, 11) is 1.60. The molecule has 1 aromatic heterocycles. The molecule has 0 unspecified atom stereocenters. The lowest BCUT2D eigenvalue weighted by molar-refractivity contribution is -0.137. The Balaban J connectivity index is 2.53. The van der Waals surface area contributed by atoms with E-state index in [1.54, 1.807) is 31.3 Å². The lowest BCUT2D eigenvalue weighted by atomic mass is 10.2. The van der Waals surface area contributed by atoms with Crippen molar-refractivity contribution in [3.8, 4) is 0 Å². The predicted molar refractivity (Wildman–Crippen MR) is 70.3 cm³/mol. The third kappa shape index (κ3) is 2.42. The van der Waals surface area contributed by atoms with E-state index in [1.807, 2.05) is 0 Å². The van der Waals surface area contributed by atoms with E-state index >= 15 is 0 Å². The van der Waals surface area contributed by atoms with Crippen molar-refractivity contribution < 1.29 is 9.90 Å². The monoisotopic (exact) mass is 262 g/mol. The number of hydrogen-bond donors (Lipinski definition) is 1. The lowest BCUT2D eigenvalue weighted by Gasteiger charge is -2.09. The van der Waals surface area contributed by atoms with Crippen LogP contribution in [0, 0.1) is 0 Å². The van der Waals surface area contributed by atoms with Gasteiger partial charge in [0.25, 0.3) is 5.56 Å². The molecule has 0 atom stereocenters. The number of rotatable bonds is 4. The zero-order valence-electron chi connectivity index (χ0n) is 10.5. The molecule has 100 valence electrons. The van der Waals surface area contributed by atoms with Crippen LogP contribution in [0.2, 0.25) is 0 Å². The van der Waals surface area contributed by atoms with Crippen LogP contribution in [0.4, 0.5) is 0 Å². The lowest BCUT2D eigenvalue weighted by Crippen LogP contribution is -2.39. The minimum absolute atomic E-state index is 0.0670. The molecule has 19 heavy (non-hydrogen) atoms. The molecule has 1 N–H and O–H groups in total. The van der Waals surface area contributed by atoms with E-state index in [0.717, 1.165) is 4.57 Å². The predicted octanol–water partition coefficient (Wildman–Crippen LogP) is 0.565. The van der Waals surface area contributed by atoms with E-state index in [4.69, 9.17) is 5.11 Å². The number of aryl methyl sites for hydroxylation is 1. The Hall–Kier alpha value is -2.37. The largest absolute Gasteiger partial charge is 0.481 e. The third-order valence-corrected chi connectivity index (χ3v) is 3.03. The van der Waals surface area contributed by atoms with Crippen molar-refractivity contribution in [1.82, 2.24) is 9.13 Å². The second-order valence-corrected chi connectivity index (χ2v) is 4.31. The van der Waals surface area contributed by atoms with Gasteiger partial charge in [-0.1, -0.05) is 12.1 Å². The van der Waals surface area contributed by atoms with Gasteiger partial charge in [0.15, 0.2) is 0 Å². The van der Waals surface area contributed by atoms with E-state index in [-0.39, 0.29) is 24.9 Å². The minimum atomic E-state index is -0.939. The van der Waals surface area contributed by atoms with Crippen LogP contribution in [0.1, 0.15) is 12.8 Å². The van der Waals surface area contributed by atoms with Crippen LogP contribution in [0.3, 0.4) is 0 Å². The standard InChI is InChI=1S/C13H14N2O4/c1-14-10-6-3-2-5-9(10)12(18)15(13(14)19)8-4-7-11(16)17/h2-3,5-6H,4,7-8H2,1H3,(H,16,17). The molecule has 0 spiro atoms. The van der Waals surface area contributed by atoms with Gasteiger partial charge >= 0.3 is 11.7 Å². The number of benzene rings is 1. The highest BCUT2D eigenvalue weighted by Crippen LogP contribution is 2.05. The molecule has 0 aliphatic rings. The number of aliphatic carboxylic acids is 1. The van der Waals surface area contributed by atoms with E-state index in [0.29, 0.717) is 10.9 Å². The zero-order valence-corrected chi connectivity index (χ0v) is 10.5. The number of carbonyl (C=O) groups is 1. The van der Waals surface area contributed by atoms with Crippen molar-refractivity contribution in [3.63, 3.8) is 0 Å². The van der Waals surface area contributed by atoms with Crippen LogP contribution in [0.15, 0.2) is 33.9 Å². The average molecular weight is 262 g/mol. The van der Waals surface area contributed by atoms with Gasteiger partial charge in [0.1, 0.15) is 0 Å². The highest BCUT2D eigenvalue weighted by molar-refractivity contribution is 5.77. The molecular formula is C13H14N2O4. The van der Waals surface area contributed by atoms with Gasteiger partial charge < -0.3 is 5.11 Å². The maximum absolute atomic E-state index is 12.2. The first-order chi connectivity index (χ1) is 9.02. The number of hydrogen-bond acceptors (Lipinski definition) is 3. The number of aromatic nitrogens is 2. The highest BCUT2D eigenvalue weighted by atomic mass is 16.4. The Kier molecular flexibility index (Phi) is 3.50. The Morgan fingerprint density at radius 2 is 1.95 bits per heavy atom. The third-order valence-electron chi connectivity index (χ3n) is 3.03. The molecule has 0 saturated heterocycles. The fraction of sp³-hybridized carbons (Fsp3) is 0.308. The molecular weight excluding hydrogens is 248 g/mol. The summed E-state index contributed by atoms with van der Waals surface area (Å²) in [5.74, 6) is -0.939. The summed E-state index contributed by atoms with van der Waals surface area (Å²) >= 11 is 0. The van der Waals surface area contributed by atoms with Crippen molar-refractivity contribution in [3.05, 3.63) is 45.1 Å². The average Bonchev–Trinajstić information content (AvgIpc) is 2.40. The summed E-state index contributed by atoms with van der Waals surface area (Å²) in [6.45, 7) is 0.114. The van der Waals surface area contributed by atoms with Crippen molar-refractivity contribution >= 4 is 16.9 Å². The maximum atomic E-state index is 12.2. The van der Waals surface area contributed by atoms with Gasteiger partial charge in [0.05, 0.1) is 10.9 Å². The molecule has 0 aliphatic carbocycles. The van der Waals surface area contributed by atoms with E-state index in [2.05, 4.69) is 0 Å². The van der Waals surface area contributed by atoms with Crippen LogP contribution in [0.25, 0.3) is 10.9 Å². The summed E-state index contributed by atoms with van der Waals surface area (Å²) in [4.78, 5) is 34.7. The van der Waals surface area contributed by atoms with Gasteiger partial charge in [-0.25, -0.2) is 4.79 Å². The molecule has 0 radical (unpaired) electrons. The normalized spacial score (nSPS) is 10.8. The molecule has 1 aromatic carbocycles. The van der Waals surface area contributed by atoms with Crippen molar-refractivity contribution in [1.29, 1.82) is 0 Å². The molecule has 1 heterocycles. The van der Waals surface area contributed by atoms with Gasteiger partial charge in [-0.3, -0.25) is 18.7 Å². The van der Waals surface area contributed by atoms with Crippen LogP contribution in [-0.2, 0) is 18.4 Å². The summed E-state index contributed by atoms with van der Waals surface area (Å²) < 4.78 is 2.49. The minimum Gasteiger partial charge on any atom is -0.481 e. The maximum Gasteiger partial charge on any atom is 0.331 e. The van der Waals surface area contributed by atoms with Gasteiger partial charge in [-0.05, 0) is 18.6 Å². The Labute approximate surface area is 108 Å². The van der Waals surface area contributed by atoms with E-state index in [1.165, 1.54) is 4.57 Å². The molecule has 2 rings (SSSR count). The van der Waals surface area contributed by atoms with E-state index < -0.39 is 11.7 Å². The molecule has 6 nitrogen and oxygen atoms in total. The Bertz CT molecular complexity index is 742.